The molecule has 1 heterocycles. The summed E-state index contributed by atoms with van der Waals surface area (Å²) in [6.07, 6.45) is 1.72. The van der Waals surface area contributed by atoms with E-state index in [1.165, 1.54) is 0 Å². The van der Waals surface area contributed by atoms with Crippen molar-refractivity contribution in [3.8, 4) is 11.5 Å². The standard InChI is InChI=1S/C14H15N3O2/c1-18-13-8-10(14(15)16)5-6-12(13)19-9-11-4-2-3-7-17-11/h2-8H,9H2,1H3,(H3,15,16). The highest BCUT2D eigenvalue weighted by Gasteiger charge is 2.07. The van der Waals surface area contributed by atoms with Crippen LogP contribution < -0.4 is 15.2 Å². The SMILES string of the molecule is COc1cc(C(=N)N)ccc1OCc1ccccn1. The second-order valence-electron chi connectivity index (χ2n) is 3.89. The molecule has 98 valence electrons. The average molecular weight is 257 g/mol. The van der Waals surface area contributed by atoms with Crippen molar-refractivity contribution in [2.75, 3.05) is 7.11 Å². The highest BCUT2D eigenvalue weighted by molar-refractivity contribution is 5.95. The Morgan fingerprint density at radius 3 is 2.74 bits per heavy atom. The highest BCUT2D eigenvalue weighted by Crippen LogP contribution is 2.28. The van der Waals surface area contributed by atoms with E-state index in [9.17, 15) is 0 Å². The molecule has 2 rings (SSSR count). The van der Waals surface area contributed by atoms with Crippen molar-refractivity contribution in [3.63, 3.8) is 0 Å². The van der Waals surface area contributed by atoms with Crippen LogP contribution in [0.5, 0.6) is 11.5 Å². The molecule has 1 aromatic carbocycles. The lowest BCUT2D eigenvalue weighted by molar-refractivity contribution is 0.280. The number of amidine groups is 1. The fraction of sp³-hybridized carbons (Fsp3) is 0.143. The van der Waals surface area contributed by atoms with Gasteiger partial charge in [-0.1, -0.05) is 6.07 Å². The quantitative estimate of drug-likeness (QED) is 0.633. The number of hydrogen-bond donors (Lipinski definition) is 2. The minimum Gasteiger partial charge on any atom is -0.493 e. The molecular weight excluding hydrogens is 242 g/mol. The van der Waals surface area contributed by atoms with Gasteiger partial charge >= 0.3 is 0 Å². The average Bonchev–Trinajstić information content (AvgIpc) is 2.45. The lowest BCUT2D eigenvalue weighted by atomic mass is 10.2. The Kier molecular flexibility index (Phi) is 3.97. The van der Waals surface area contributed by atoms with Gasteiger partial charge in [0, 0.05) is 11.8 Å². The van der Waals surface area contributed by atoms with Crippen LogP contribution in [0.2, 0.25) is 0 Å². The molecule has 0 unspecified atom stereocenters. The van der Waals surface area contributed by atoms with Gasteiger partial charge in [0.05, 0.1) is 12.8 Å². The molecule has 0 saturated carbocycles. The third kappa shape index (κ3) is 3.22. The van der Waals surface area contributed by atoms with Crippen molar-refractivity contribution in [2.45, 2.75) is 6.61 Å². The molecule has 0 aliphatic rings. The van der Waals surface area contributed by atoms with Gasteiger partial charge in [-0.15, -0.1) is 0 Å². The first-order chi connectivity index (χ1) is 9.20. The maximum absolute atomic E-state index is 7.39. The van der Waals surface area contributed by atoms with Gasteiger partial charge in [-0.3, -0.25) is 10.4 Å². The molecule has 5 nitrogen and oxygen atoms in total. The summed E-state index contributed by atoms with van der Waals surface area (Å²) < 4.78 is 10.9. The Hall–Kier alpha value is -2.56. The maximum atomic E-state index is 7.39. The molecular formula is C14H15N3O2. The predicted molar refractivity (Wildman–Crippen MR) is 72.6 cm³/mol. The molecule has 0 radical (unpaired) electrons. The Bertz CT molecular complexity index is 570. The number of nitrogen functional groups attached to an aromatic ring is 1. The number of aromatic nitrogens is 1. The van der Waals surface area contributed by atoms with Gasteiger partial charge in [0.2, 0.25) is 0 Å². The summed E-state index contributed by atoms with van der Waals surface area (Å²) in [5.41, 5.74) is 6.86. The normalized spacial score (nSPS) is 9.95. The third-order valence-electron chi connectivity index (χ3n) is 2.58. The summed E-state index contributed by atoms with van der Waals surface area (Å²) in [5, 5.41) is 7.39. The van der Waals surface area contributed by atoms with Crippen molar-refractivity contribution in [1.29, 1.82) is 5.41 Å². The minimum absolute atomic E-state index is 0.00502. The Morgan fingerprint density at radius 1 is 1.26 bits per heavy atom. The zero-order chi connectivity index (χ0) is 13.7. The van der Waals surface area contributed by atoms with E-state index in [4.69, 9.17) is 20.6 Å². The maximum Gasteiger partial charge on any atom is 0.161 e. The molecule has 2 aromatic rings. The van der Waals surface area contributed by atoms with Gasteiger partial charge in [0.1, 0.15) is 12.4 Å². The Morgan fingerprint density at radius 2 is 2.11 bits per heavy atom. The smallest absolute Gasteiger partial charge is 0.161 e. The van der Waals surface area contributed by atoms with Crippen molar-refractivity contribution in [1.82, 2.24) is 4.98 Å². The Labute approximate surface area is 111 Å². The second kappa shape index (κ2) is 5.86. The lowest BCUT2D eigenvalue weighted by Gasteiger charge is -2.11. The van der Waals surface area contributed by atoms with E-state index in [0.717, 1.165) is 5.69 Å². The van der Waals surface area contributed by atoms with Crippen LogP contribution in [0.1, 0.15) is 11.3 Å². The number of hydrogen-bond acceptors (Lipinski definition) is 4. The zero-order valence-electron chi connectivity index (χ0n) is 10.6. The molecule has 0 atom stereocenters. The molecule has 0 aliphatic carbocycles. The van der Waals surface area contributed by atoms with E-state index in [0.29, 0.717) is 23.7 Å². The summed E-state index contributed by atoms with van der Waals surface area (Å²) >= 11 is 0. The number of benzene rings is 1. The number of methoxy groups -OCH3 is 1. The van der Waals surface area contributed by atoms with Crippen LogP contribution in [0.15, 0.2) is 42.6 Å². The van der Waals surface area contributed by atoms with E-state index >= 15 is 0 Å². The summed E-state index contributed by atoms with van der Waals surface area (Å²) in [5.74, 6) is 1.14. The van der Waals surface area contributed by atoms with E-state index in [2.05, 4.69) is 4.98 Å². The first kappa shape index (κ1) is 12.9. The van der Waals surface area contributed by atoms with E-state index in [-0.39, 0.29) is 5.84 Å². The van der Waals surface area contributed by atoms with Crippen LogP contribution in [0.25, 0.3) is 0 Å². The first-order valence-corrected chi connectivity index (χ1v) is 5.76. The fourth-order valence-corrected chi connectivity index (χ4v) is 1.59. The molecule has 19 heavy (non-hydrogen) atoms. The topological polar surface area (TPSA) is 81.2 Å². The number of ether oxygens (including phenoxy) is 2. The van der Waals surface area contributed by atoms with Crippen LogP contribution in [0.4, 0.5) is 0 Å². The number of pyridine rings is 1. The second-order valence-corrected chi connectivity index (χ2v) is 3.89. The van der Waals surface area contributed by atoms with Crippen LogP contribution in [0.3, 0.4) is 0 Å². The van der Waals surface area contributed by atoms with Gasteiger partial charge in [-0.25, -0.2) is 0 Å². The summed E-state index contributed by atoms with van der Waals surface area (Å²) in [6, 6.07) is 10.8. The zero-order valence-corrected chi connectivity index (χ0v) is 10.6. The van der Waals surface area contributed by atoms with E-state index in [1.807, 2.05) is 18.2 Å². The van der Waals surface area contributed by atoms with Crippen molar-refractivity contribution in [3.05, 3.63) is 53.9 Å². The third-order valence-corrected chi connectivity index (χ3v) is 2.58. The van der Waals surface area contributed by atoms with Crippen LogP contribution in [-0.2, 0) is 6.61 Å². The van der Waals surface area contributed by atoms with Crippen molar-refractivity contribution in [2.24, 2.45) is 5.73 Å². The molecule has 0 aliphatic heterocycles. The van der Waals surface area contributed by atoms with Crippen LogP contribution in [-0.4, -0.2) is 17.9 Å². The molecule has 0 spiro atoms. The fourth-order valence-electron chi connectivity index (χ4n) is 1.59. The Balaban J connectivity index is 2.14. The summed E-state index contributed by atoms with van der Waals surface area (Å²) in [6.45, 7) is 0.358. The monoisotopic (exact) mass is 257 g/mol. The van der Waals surface area contributed by atoms with Gasteiger partial charge < -0.3 is 15.2 Å². The number of nitrogens with two attached hydrogens (primary N) is 1. The minimum atomic E-state index is -0.00502. The summed E-state index contributed by atoms with van der Waals surface area (Å²) in [7, 11) is 1.55. The van der Waals surface area contributed by atoms with Crippen LogP contribution >= 0.6 is 0 Å². The van der Waals surface area contributed by atoms with E-state index < -0.39 is 0 Å². The van der Waals surface area contributed by atoms with E-state index in [1.54, 1.807) is 31.5 Å². The van der Waals surface area contributed by atoms with Gasteiger partial charge in [-0.2, -0.15) is 0 Å². The lowest BCUT2D eigenvalue weighted by Crippen LogP contribution is -2.11. The largest absolute Gasteiger partial charge is 0.493 e. The molecule has 0 fully saturated rings. The molecule has 3 N–H and O–H groups in total. The first-order valence-electron chi connectivity index (χ1n) is 5.76. The molecule has 1 aromatic heterocycles. The van der Waals surface area contributed by atoms with Crippen molar-refractivity contribution < 1.29 is 9.47 Å². The number of rotatable bonds is 5. The number of nitrogens with one attached hydrogen (secondary N) is 1. The molecule has 0 amide bonds. The van der Waals surface area contributed by atoms with Crippen LogP contribution in [0, 0.1) is 5.41 Å². The number of nitrogens with zero attached hydrogens (tertiary/aromatic N) is 1. The molecule has 0 saturated heterocycles. The van der Waals surface area contributed by atoms with Gasteiger partial charge in [0.25, 0.3) is 0 Å². The highest BCUT2D eigenvalue weighted by atomic mass is 16.5. The van der Waals surface area contributed by atoms with Gasteiger partial charge in [0.15, 0.2) is 11.5 Å². The molecule has 0 bridgehead atoms. The predicted octanol–water partition coefficient (Wildman–Crippen LogP) is 1.95. The van der Waals surface area contributed by atoms with Gasteiger partial charge in [-0.05, 0) is 30.3 Å². The molecule has 5 heteroatoms. The van der Waals surface area contributed by atoms with Crippen molar-refractivity contribution >= 4 is 5.84 Å². The summed E-state index contributed by atoms with van der Waals surface area (Å²) in [4.78, 5) is 4.18.